The number of hydrogen-bond acceptors (Lipinski definition) is 1. The van der Waals surface area contributed by atoms with Gasteiger partial charge in [0, 0.05) is 22.9 Å². The predicted molar refractivity (Wildman–Crippen MR) is 87.0 cm³/mol. The summed E-state index contributed by atoms with van der Waals surface area (Å²) in [4.78, 5) is 10.3. The van der Waals surface area contributed by atoms with Crippen LogP contribution in [0.2, 0.25) is 0 Å². The van der Waals surface area contributed by atoms with Gasteiger partial charge in [-0.1, -0.05) is 63.3 Å². The van der Waals surface area contributed by atoms with Gasteiger partial charge in [0.25, 0.3) is 0 Å². The zero-order valence-electron chi connectivity index (χ0n) is 13.5. The van der Waals surface area contributed by atoms with Crippen molar-refractivity contribution in [1.82, 2.24) is 0 Å². The van der Waals surface area contributed by atoms with Crippen LogP contribution in [0.1, 0.15) is 84.0 Å². The van der Waals surface area contributed by atoms with E-state index in [2.05, 4.69) is 31.2 Å². The van der Waals surface area contributed by atoms with Crippen molar-refractivity contribution < 1.29 is 26.4 Å². The predicted octanol–water partition coefficient (Wildman–Crippen LogP) is 5.88. The van der Waals surface area contributed by atoms with Crippen LogP contribution >= 0.6 is 0 Å². The first-order chi connectivity index (χ1) is 9.77. The third-order valence-corrected chi connectivity index (χ3v) is 3.34. The third kappa shape index (κ3) is 21.9. The van der Waals surface area contributed by atoms with Crippen LogP contribution < -0.4 is 0 Å². The molecule has 126 valence electrons. The average Bonchev–Trinajstić information content (AvgIpc) is 2.43. The fraction of sp³-hybridized carbons (Fsp3) is 0.722. The van der Waals surface area contributed by atoms with E-state index in [1.54, 1.807) is 0 Å². The topological polar surface area (TPSA) is 37.3 Å². The molecule has 21 heavy (non-hydrogen) atoms. The van der Waals surface area contributed by atoms with Crippen molar-refractivity contribution in [2.24, 2.45) is 0 Å². The zero-order valence-corrected chi connectivity index (χ0v) is 14.5. The molecule has 0 heterocycles. The first-order valence-electron chi connectivity index (χ1n) is 8.29. The monoisotopic (exact) mass is 338 g/mol. The number of aliphatic carboxylic acids is 1. The Morgan fingerprint density at radius 1 is 0.810 bits per heavy atom. The molecular formula is C18H32NiO2. The minimum atomic E-state index is -0.671. The summed E-state index contributed by atoms with van der Waals surface area (Å²) >= 11 is 0. The van der Waals surface area contributed by atoms with Crippen LogP contribution in [0.3, 0.4) is 0 Å². The van der Waals surface area contributed by atoms with Crippen molar-refractivity contribution >= 4 is 5.97 Å². The van der Waals surface area contributed by atoms with Crippen LogP contribution in [0.5, 0.6) is 0 Å². The fourth-order valence-corrected chi connectivity index (χ4v) is 2.09. The first-order valence-corrected chi connectivity index (χ1v) is 8.29. The number of carboxylic acid groups (broad SMARTS) is 1. The normalized spacial score (nSPS) is 11.1. The second-order valence-corrected chi connectivity index (χ2v) is 5.37. The van der Waals surface area contributed by atoms with Crippen molar-refractivity contribution in [3.63, 3.8) is 0 Å². The summed E-state index contributed by atoms with van der Waals surface area (Å²) in [5, 5.41) is 8.50. The van der Waals surface area contributed by atoms with E-state index < -0.39 is 5.97 Å². The van der Waals surface area contributed by atoms with E-state index in [-0.39, 0.29) is 16.5 Å². The first kappa shape index (κ1) is 22.7. The van der Waals surface area contributed by atoms with Crippen molar-refractivity contribution in [2.45, 2.75) is 84.0 Å². The van der Waals surface area contributed by atoms with Crippen LogP contribution in [0.25, 0.3) is 0 Å². The Labute approximate surface area is 141 Å². The van der Waals surface area contributed by atoms with Gasteiger partial charge in [0.2, 0.25) is 0 Å². The average molecular weight is 339 g/mol. The second kappa shape index (κ2) is 19.4. The Morgan fingerprint density at radius 3 is 1.90 bits per heavy atom. The van der Waals surface area contributed by atoms with E-state index in [1.165, 1.54) is 44.9 Å². The molecule has 0 atom stereocenters. The number of carboxylic acids is 1. The summed E-state index contributed by atoms with van der Waals surface area (Å²) in [6, 6.07) is 0. The second-order valence-electron chi connectivity index (χ2n) is 5.37. The molecule has 0 aromatic carbocycles. The summed E-state index contributed by atoms with van der Waals surface area (Å²) in [5.41, 5.74) is 0. The van der Waals surface area contributed by atoms with Gasteiger partial charge >= 0.3 is 5.97 Å². The van der Waals surface area contributed by atoms with E-state index in [0.717, 1.165) is 25.7 Å². The summed E-state index contributed by atoms with van der Waals surface area (Å²) in [5.74, 6) is -0.671. The molecule has 0 aliphatic heterocycles. The minimum Gasteiger partial charge on any atom is -0.481 e. The molecule has 0 saturated heterocycles. The number of carbonyl (C=O) groups is 1. The molecule has 0 aromatic heterocycles. The molecule has 0 amide bonds. The summed E-state index contributed by atoms with van der Waals surface area (Å²) in [6.07, 6.45) is 22.3. The standard InChI is InChI=1S/C18H32O2.Ni/c1-2-3-4-5-6-7-8-9-10-11-12-13-14-15-16-17-18(19)20;/h6-7,9-10H,2-5,8,11-17H2,1H3,(H,19,20);/b7-6-,10-9-;. The summed E-state index contributed by atoms with van der Waals surface area (Å²) in [6.45, 7) is 2.23. The Kier molecular flexibility index (Phi) is 21.0. The molecule has 2 nitrogen and oxygen atoms in total. The summed E-state index contributed by atoms with van der Waals surface area (Å²) < 4.78 is 0. The number of hydrogen-bond donors (Lipinski definition) is 1. The van der Waals surface area contributed by atoms with E-state index in [9.17, 15) is 4.79 Å². The Hall–Kier alpha value is -0.556. The van der Waals surface area contributed by atoms with Gasteiger partial charge in [0.05, 0.1) is 0 Å². The number of allylic oxidation sites excluding steroid dienone is 4. The van der Waals surface area contributed by atoms with Crippen LogP contribution in [0.15, 0.2) is 24.3 Å². The van der Waals surface area contributed by atoms with E-state index >= 15 is 0 Å². The molecular weight excluding hydrogens is 307 g/mol. The van der Waals surface area contributed by atoms with Crippen LogP contribution in [0, 0.1) is 0 Å². The van der Waals surface area contributed by atoms with E-state index in [1.807, 2.05) is 0 Å². The number of rotatable bonds is 14. The molecule has 0 spiro atoms. The minimum absolute atomic E-state index is 0. The van der Waals surface area contributed by atoms with E-state index in [0.29, 0.717) is 6.42 Å². The molecule has 0 radical (unpaired) electrons. The Bertz CT molecular complexity index is 272. The van der Waals surface area contributed by atoms with Crippen LogP contribution in [-0.4, -0.2) is 11.1 Å². The Morgan fingerprint density at radius 2 is 1.33 bits per heavy atom. The van der Waals surface area contributed by atoms with Gasteiger partial charge in [0.15, 0.2) is 0 Å². The van der Waals surface area contributed by atoms with Crippen molar-refractivity contribution in [3.8, 4) is 0 Å². The fourth-order valence-electron chi connectivity index (χ4n) is 2.09. The molecule has 0 saturated carbocycles. The largest absolute Gasteiger partial charge is 0.481 e. The van der Waals surface area contributed by atoms with Gasteiger partial charge in [0.1, 0.15) is 0 Å². The quantitative estimate of drug-likeness (QED) is 0.244. The van der Waals surface area contributed by atoms with Gasteiger partial charge in [-0.15, -0.1) is 0 Å². The molecule has 0 unspecified atom stereocenters. The smallest absolute Gasteiger partial charge is 0.303 e. The van der Waals surface area contributed by atoms with Gasteiger partial charge in [-0.05, 0) is 38.5 Å². The van der Waals surface area contributed by atoms with Gasteiger partial charge in [-0.3, -0.25) is 4.79 Å². The molecule has 0 aromatic rings. The molecule has 0 rings (SSSR count). The SMILES string of the molecule is CCCCC/C=C\C/C=C\CCCCCCCC(=O)O.[Ni]. The Balaban J connectivity index is 0. The summed E-state index contributed by atoms with van der Waals surface area (Å²) in [7, 11) is 0. The molecule has 0 fully saturated rings. The maximum atomic E-state index is 10.3. The van der Waals surface area contributed by atoms with Crippen molar-refractivity contribution in [2.75, 3.05) is 0 Å². The molecule has 0 aliphatic carbocycles. The number of unbranched alkanes of at least 4 members (excludes halogenated alkanes) is 8. The van der Waals surface area contributed by atoms with Gasteiger partial charge in [-0.25, -0.2) is 0 Å². The molecule has 0 bridgehead atoms. The molecule has 3 heteroatoms. The third-order valence-electron chi connectivity index (χ3n) is 3.34. The maximum absolute atomic E-state index is 10.3. The van der Waals surface area contributed by atoms with Crippen molar-refractivity contribution in [1.29, 1.82) is 0 Å². The molecule has 1 N–H and O–H groups in total. The van der Waals surface area contributed by atoms with Gasteiger partial charge < -0.3 is 5.11 Å². The van der Waals surface area contributed by atoms with Gasteiger partial charge in [-0.2, -0.15) is 0 Å². The van der Waals surface area contributed by atoms with Crippen LogP contribution in [0.4, 0.5) is 0 Å². The van der Waals surface area contributed by atoms with E-state index in [4.69, 9.17) is 5.11 Å². The molecule has 0 aliphatic rings. The zero-order chi connectivity index (χ0) is 14.9. The van der Waals surface area contributed by atoms with Crippen LogP contribution in [-0.2, 0) is 21.3 Å². The van der Waals surface area contributed by atoms with Crippen molar-refractivity contribution in [3.05, 3.63) is 24.3 Å². The maximum Gasteiger partial charge on any atom is 0.303 e.